The van der Waals surface area contributed by atoms with Gasteiger partial charge in [0.1, 0.15) is 5.75 Å². The first-order chi connectivity index (χ1) is 13.9. The van der Waals surface area contributed by atoms with Crippen molar-refractivity contribution in [3.05, 3.63) is 62.6 Å². The number of rotatable bonds is 6. The number of benzene rings is 1. The second kappa shape index (κ2) is 7.25. The summed E-state index contributed by atoms with van der Waals surface area (Å²) in [5, 5.41) is 3.42. The molecule has 0 unspecified atom stereocenters. The van der Waals surface area contributed by atoms with Gasteiger partial charge in [-0.05, 0) is 24.6 Å². The number of fused-ring (bicyclic) bond motifs is 3. The van der Waals surface area contributed by atoms with Crippen LogP contribution >= 0.6 is 0 Å². The van der Waals surface area contributed by atoms with Gasteiger partial charge in [-0.15, -0.1) is 0 Å². The van der Waals surface area contributed by atoms with Crippen molar-refractivity contribution in [1.82, 2.24) is 28.4 Å². The van der Waals surface area contributed by atoms with E-state index in [1.165, 1.54) is 17.2 Å². The highest BCUT2D eigenvalue weighted by Gasteiger charge is 2.18. The van der Waals surface area contributed by atoms with Crippen molar-refractivity contribution in [1.29, 1.82) is 0 Å². The summed E-state index contributed by atoms with van der Waals surface area (Å²) >= 11 is 0. The van der Waals surface area contributed by atoms with Crippen LogP contribution in [-0.4, -0.2) is 36.7 Å². The Bertz CT molecular complexity index is 1310. The number of nitrogens with one attached hydrogen (secondary N) is 1. The van der Waals surface area contributed by atoms with Crippen LogP contribution in [0.1, 0.15) is 11.3 Å². The molecule has 0 saturated heterocycles. The highest BCUT2D eigenvalue weighted by atomic mass is 16.5. The summed E-state index contributed by atoms with van der Waals surface area (Å²) in [5.74, 6) is 1.49. The van der Waals surface area contributed by atoms with E-state index in [2.05, 4.69) is 10.3 Å². The molecule has 0 atom stereocenters. The predicted molar refractivity (Wildman–Crippen MR) is 111 cm³/mol. The number of hydrogen-bond acceptors (Lipinski definition) is 5. The molecule has 29 heavy (non-hydrogen) atoms. The average molecular weight is 396 g/mol. The van der Waals surface area contributed by atoms with Crippen LogP contribution in [0.25, 0.3) is 16.9 Å². The zero-order chi connectivity index (χ0) is 20.7. The van der Waals surface area contributed by atoms with Crippen LogP contribution < -0.4 is 21.3 Å². The third kappa shape index (κ3) is 3.13. The van der Waals surface area contributed by atoms with Gasteiger partial charge in [0.15, 0.2) is 11.2 Å². The summed E-state index contributed by atoms with van der Waals surface area (Å²) in [4.78, 5) is 29.4. The molecule has 9 heteroatoms. The number of aromatic nitrogens is 5. The Hall–Kier alpha value is -3.33. The van der Waals surface area contributed by atoms with Gasteiger partial charge in [-0.25, -0.2) is 4.79 Å². The molecule has 0 aliphatic carbocycles. The monoisotopic (exact) mass is 396 g/mol. The van der Waals surface area contributed by atoms with Crippen molar-refractivity contribution in [3.8, 4) is 5.75 Å². The van der Waals surface area contributed by atoms with Crippen molar-refractivity contribution >= 4 is 16.9 Å². The first-order valence-corrected chi connectivity index (χ1v) is 9.40. The van der Waals surface area contributed by atoms with E-state index in [0.717, 1.165) is 29.1 Å². The Morgan fingerprint density at radius 1 is 1.10 bits per heavy atom. The van der Waals surface area contributed by atoms with Crippen LogP contribution in [0.15, 0.2) is 40.1 Å². The molecule has 0 saturated carbocycles. The lowest BCUT2D eigenvalue weighted by atomic mass is 10.2. The quantitative estimate of drug-likeness (QED) is 0.487. The number of nitrogens with zero attached hydrogens (tertiary/aromatic N) is 5. The van der Waals surface area contributed by atoms with Gasteiger partial charge >= 0.3 is 5.69 Å². The Kier molecular flexibility index (Phi) is 4.75. The number of aryl methyl sites for hydroxylation is 2. The summed E-state index contributed by atoms with van der Waals surface area (Å²) in [5.41, 5.74) is 2.26. The second-order valence-electron chi connectivity index (χ2n) is 7.11. The molecule has 3 heterocycles. The van der Waals surface area contributed by atoms with Gasteiger partial charge in [-0.2, -0.15) is 4.98 Å². The molecule has 0 amide bonds. The Morgan fingerprint density at radius 3 is 2.52 bits per heavy atom. The molecule has 0 bridgehead atoms. The van der Waals surface area contributed by atoms with E-state index in [9.17, 15) is 9.59 Å². The molecule has 9 nitrogen and oxygen atoms in total. The maximum atomic E-state index is 12.6. The molecule has 0 fully saturated rings. The normalized spacial score (nSPS) is 11.6. The first-order valence-electron chi connectivity index (χ1n) is 9.40. The van der Waals surface area contributed by atoms with Gasteiger partial charge in [0, 0.05) is 45.6 Å². The van der Waals surface area contributed by atoms with Gasteiger partial charge < -0.3 is 14.6 Å². The molecule has 3 aromatic heterocycles. The number of methoxy groups -OCH3 is 1. The minimum absolute atomic E-state index is 0.342. The van der Waals surface area contributed by atoms with Crippen LogP contribution in [0.5, 0.6) is 5.75 Å². The van der Waals surface area contributed by atoms with Crippen LogP contribution in [0.3, 0.4) is 0 Å². The van der Waals surface area contributed by atoms with Gasteiger partial charge in [0.05, 0.1) is 7.11 Å². The minimum atomic E-state index is -0.382. The van der Waals surface area contributed by atoms with Crippen LogP contribution in [0, 0.1) is 6.92 Å². The number of hydrogen-bond donors (Lipinski definition) is 1. The molecule has 0 aliphatic heterocycles. The smallest absolute Gasteiger partial charge is 0.332 e. The lowest BCUT2D eigenvalue weighted by Crippen LogP contribution is -2.37. The zero-order valence-electron chi connectivity index (χ0n) is 17.0. The average Bonchev–Trinajstić information content (AvgIpc) is 3.23. The third-order valence-corrected chi connectivity index (χ3v) is 5.26. The van der Waals surface area contributed by atoms with Crippen LogP contribution in [0.4, 0.5) is 0 Å². The number of imidazole rings is 2. The predicted octanol–water partition coefficient (Wildman–Crippen LogP) is 0.793. The van der Waals surface area contributed by atoms with E-state index in [1.807, 2.05) is 42.0 Å². The summed E-state index contributed by atoms with van der Waals surface area (Å²) in [6.07, 6.45) is 1.89. The molecule has 0 radical (unpaired) electrons. The molecular formula is C20H24N6O3. The topological polar surface area (TPSA) is 87.5 Å². The lowest BCUT2D eigenvalue weighted by Gasteiger charge is -2.08. The van der Waals surface area contributed by atoms with Gasteiger partial charge in [-0.3, -0.25) is 18.3 Å². The minimum Gasteiger partial charge on any atom is -0.497 e. The second-order valence-corrected chi connectivity index (χ2v) is 7.11. The van der Waals surface area contributed by atoms with Crippen LogP contribution in [0.2, 0.25) is 0 Å². The van der Waals surface area contributed by atoms with Crippen LogP contribution in [-0.2, 0) is 27.2 Å². The molecule has 1 aromatic carbocycles. The fraction of sp³-hybridized carbons (Fsp3) is 0.350. The van der Waals surface area contributed by atoms with Crippen molar-refractivity contribution in [2.24, 2.45) is 14.1 Å². The van der Waals surface area contributed by atoms with Crippen molar-refractivity contribution in [3.63, 3.8) is 0 Å². The molecule has 0 spiro atoms. The summed E-state index contributed by atoms with van der Waals surface area (Å²) < 4.78 is 11.5. The summed E-state index contributed by atoms with van der Waals surface area (Å²) in [6, 6.07) is 7.94. The molecule has 152 valence electrons. The fourth-order valence-corrected chi connectivity index (χ4v) is 3.57. The van der Waals surface area contributed by atoms with Gasteiger partial charge in [-0.1, -0.05) is 12.1 Å². The highest BCUT2D eigenvalue weighted by Crippen LogP contribution is 2.16. The maximum absolute atomic E-state index is 12.6. The first kappa shape index (κ1) is 19.0. The molecule has 1 N–H and O–H groups in total. The third-order valence-electron chi connectivity index (χ3n) is 5.26. The number of ether oxygens (including phenoxy) is 1. The molecular weight excluding hydrogens is 372 g/mol. The van der Waals surface area contributed by atoms with E-state index in [-0.39, 0.29) is 11.2 Å². The van der Waals surface area contributed by atoms with Crippen molar-refractivity contribution in [2.75, 3.05) is 13.7 Å². The zero-order valence-corrected chi connectivity index (χ0v) is 17.0. The van der Waals surface area contributed by atoms with Crippen molar-refractivity contribution < 1.29 is 4.74 Å². The van der Waals surface area contributed by atoms with E-state index in [4.69, 9.17) is 4.74 Å². The van der Waals surface area contributed by atoms with E-state index < -0.39 is 0 Å². The summed E-state index contributed by atoms with van der Waals surface area (Å²) in [6.45, 7) is 4.15. The maximum Gasteiger partial charge on any atom is 0.332 e. The molecule has 4 rings (SSSR count). The highest BCUT2D eigenvalue weighted by molar-refractivity contribution is 5.75. The van der Waals surface area contributed by atoms with E-state index >= 15 is 0 Å². The standard InChI is InChI=1S/C20H24N6O3/c1-13-12-26-16-17(23(2)20(28)24(3)18(16)27)22-19(26)25(13)10-9-21-11-14-5-7-15(29-4)8-6-14/h5-8,12,21H,9-11H2,1-4H3. The van der Waals surface area contributed by atoms with Gasteiger partial charge in [0.25, 0.3) is 5.56 Å². The Morgan fingerprint density at radius 2 is 1.83 bits per heavy atom. The Balaban J connectivity index is 1.58. The van der Waals surface area contributed by atoms with E-state index in [1.54, 1.807) is 18.6 Å². The lowest BCUT2D eigenvalue weighted by molar-refractivity contribution is 0.414. The van der Waals surface area contributed by atoms with E-state index in [0.29, 0.717) is 23.5 Å². The molecule has 0 aliphatic rings. The Labute approximate surface area is 166 Å². The van der Waals surface area contributed by atoms with Gasteiger partial charge in [0.2, 0.25) is 5.78 Å². The fourth-order valence-electron chi connectivity index (χ4n) is 3.57. The van der Waals surface area contributed by atoms with Crippen molar-refractivity contribution in [2.45, 2.75) is 20.0 Å². The SMILES string of the molecule is COc1ccc(CNCCn2c(C)cn3c4c(=O)n(C)c(=O)n(C)c4nc23)cc1. The molecule has 4 aromatic rings. The largest absolute Gasteiger partial charge is 0.497 e. The summed E-state index contributed by atoms with van der Waals surface area (Å²) in [7, 11) is 4.76.